The van der Waals surface area contributed by atoms with Gasteiger partial charge in [0.25, 0.3) is 5.91 Å². The summed E-state index contributed by atoms with van der Waals surface area (Å²) in [5.74, 6) is 0.666. The molecule has 1 atom stereocenters. The number of methoxy groups -OCH3 is 2. The van der Waals surface area contributed by atoms with E-state index in [0.717, 1.165) is 20.5 Å². The lowest BCUT2D eigenvalue weighted by Crippen LogP contribution is -2.39. The third-order valence-corrected chi connectivity index (χ3v) is 9.23. The van der Waals surface area contributed by atoms with Gasteiger partial charge in [0.05, 0.1) is 42.3 Å². The molecule has 0 radical (unpaired) electrons. The zero-order valence-corrected chi connectivity index (χ0v) is 22.7. The Bertz CT molecular complexity index is 1610. The predicted molar refractivity (Wildman–Crippen MR) is 146 cm³/mol. The Morgan fingerprint density at radius 3 is 2.66 bits per heavy atom. The second kappa shape index (κ2) is 10.5. The number of ether oxygens (including phenoxy) is 2. The van der Waals surface area contributed by atoms with E-state index in [9.17, 15) is 13.2 Å². The van der Waals surface area contributed by atoms with Crippen LogP contribution in [0.4, 0.5) is 0 Å². The van der Waals surface area contributed by atoms with Crippen LogP contribution in [0.5, 0.6) is 11.5 Å². The fraction of sp³-hybridized carbons (Fsp3) is 0.222. The third kappa shape index (κ3) is 4.75. The molecule has 196 valence electrons. The number of benzene rings is 2. The molecule has 38 heavy (non-hydrogen) atoms. The van der Waals surface area contributed by atoms with Gasteiger partial charge in [-0.2, -0.15) is 9.41 Å². The van der Waals surface area contributed by atoms with E-state index in [2.05, 4.69) is 10.1 Å². The van der Waals surface area contributed by atoms with Crippen molar-refractivity contribution >= 4 is 43.8 Å². The SMILES string of the molecule is COc1ccc(C2CC(c3cccs3)=NN2C(=O)CN(C)S(=O)(=O)c2cccc3cnccc23)cc1OC. The average molecular weight is 551 g/mol. The highest BCUT2D eigenvalue weighted by Gasteiger charge is 2.36. The Balaban J connectivity index is 1.46. The van der Waals surface area contributed by atoms with Crippen LogP contribution in [0, 0.1) is 0 Å². The van der Waals surface area contributed by atoms with Crippen LogP contribution in [-0.4, -0.2) is 62.1 Å². The largest absolute Gasteiger partial charge is 0.493 e. The van der Waals surface area contributed by atoms with Crippen LogP contribution >= 0.6 is 11.3 Å². The van der Waals surface area contributed by atoms with E-state index in [1.54, 1.807) is 50.9 Å². The Morgan fingerprint density at radius 2 is 1.92 bits per heavy atom. The molecule has 1 amide bonds. The Kier molecular flexibility index (Phi) is 7.15. The molecule has 0 N–H and O–H groups in total. The van der Waals surface area contributed by atoms with Crippen molar-refractivity contribution in [1.82, 2.24) is 14.3 Å². The van der Waals surface area contributed by atoms with E-state index in [-0.39, 0.29) is 11.4 Å². The van der Waals surface area contributed by atoms with Gasteiger partial charge >= 0.3 is 0 Å². The first-order valence-electron chi connectivity index (χ1n) is 11.8. The van der Waals surface area contributed by atoms with Crippen LogP contribution < -0.4 is 9.47 Å². The lowest BCUT2D eigenvalue weighted by Gasteiger charge is -2.25. The van der Waals surface area contributed by atoms with Crippen LogP contribution in [0.2, 0.25) is 0 Å². The zero-order chi connectivity index (χ0) is 26.9. The molecule has 0 saturated carbocycles. The minimum atomic E-state index is -3.97. The van der Waals surface area contributed by atoms with Crippen LogP contribution in [0.25, 0.3) is 10.8 Å². The van der Waals surface area contributed by atoms with E-state index in [1.165, 1.54) is 29.5 Å². The summed E-state index contributed by atoms with van der Waals surface area (Å²) in [4.78, 5) is 18.8. The Labute approximate surface area is 225 Å². The van der Waals surface area contributed by atoms with Crippen molar-refractivity contribution in [2.24, 2.45) is 5.10 Å². The van der Waals surface area contributed by atoms with Crippen molar-refractivity contribution in [3.63, 3.8) is 0 Å². The fourth-order valence-corrected chi connectivity index (χ4v) is 6.54. The van der Waals surface area contributed by atoms with Gasteiger partial charge in [0.2, 0.25) is 10.0 Å². The highest BCUT2D eigenvalue weighted by Crippen LogP contribution is 2.38. The first kappa shape index (κ1) is 25.8. The maximum Gasteiger partial charge on any atom is 0.258 e. The van der Waals surface area contributed by atoms with Gasteiger partial charge < -0.3 is 9.47 Å². The van der Waals surface area contributed by atoms with Crippen LogP contribution in [-0.2, 0) is 14.8 Å². The molecular weight excluding hydrogens is 524 g/mol. The number of carbonyl (C=O) groups excluding carboxylic acids is 1. The second-order valence-corrected chi connectivity index (χ2v) is 11.7. The topological polar surface area (TPSA) is 101 Å². The van der Waals surface area contributed by atoms with E-state index in [0.29, 0.717) is 28.7 Å². The van der Waals surface area contributed by atoms with Gasteiger partial charge in [-0.25, -0.2) is 13.4 Å². The number of aromatic nitrogens is 1. The number of fused-ring (bicyclic) bond motifs is 1. The molecule has 1 aliphatic rings. The maximum atomic E-state index is 13.6. The smallest absolute Gasteiger partial charge is 0.258 e. The van der Waals surface area contributed by atoms with E-state index in [1.807, 2.05) is 29.6 Å². The molecule has 0 saturated heterocycles. The number of nitrogens with zero attached hydrogens (tertiary/aromatic N) is 4. The Hall–Kier alpha value is -3.80. The maximum absolute atomic E-state index is 13.6. The van der Waals surface area contributed by atoms with Gasteiger partial charge in [0.1, 0.15) is 0 Å². The van der Waals surface area contributed by atoms with Crippen molar-refractivity contribution in [3.05, 3.63) is 82.8 Å². The standard InChI is InChI=1S/C27H26N4O5S2/c1-30(38(33,34)26-8-4-6-19-16-28-12-11-20(19)26)17-27(32)31-22(15-21(29-31)25-7-5-13-37-25)18-9-10-23(35-2)24(14-18)36-3/h4-14,16,22H,15,17H2,1-3H3. The fourth-order valence-electron chi connectivity index (χ4n) is 4.49. The van der Waals surface area contributed by atoms with Crippen LogP contribution in [0.1, 0.15) is 22.9 Å². The number of carbonyl (C=O) groups is 1. The van der Waals surface area contributed by atoms with Crippen LogP contribution in [0.3, 0.4) is 0 Å². The normalized spacial score (nSPS) is 15.6. The average Bonchev–Trinajstić information content (AvgIpc) is 3.63. The molecule has 0 spiro atoms. The summed E-state index contributed by atoms with van der Waals surface area (Å²) in [5, 5.41) is 9.24. The van der Waals surface area contributed by atoms with Gasteiger partial charge in [0, 0.05) is 36.6 Å². The highest BCUT2D eigenvalue weighted by molar-refractivity contribution is 7.89. The van der Waals surface area contributed by atoms with Crippen molar-refractivity contribution in [1.29, 1.82) is 0 Å². The van der Waals surface area contributed by atoms with E-state index in [4.69, 9.17) is 9.47 Å². The number of hydrogen-bond acceptors (Lipinski definition) is 8. The number of rotatable bonds is 8. The van der Waals surface area contributed by atoms with Gasteiger partial charge in [-0.3, -0.25) is 9.78 Å². The number of pyridine rings is 1. The summed E-state index contributed by atoms with van der Waals surface area (Å²) in [7, 11) is 0.539. The number of hydrogen-bond donors (Lipinski definition) is 0. The molecule has 1 unspecified atom stereocenters. The summed E-state index contributed by atoms with van der Waals surface area (Å²) in [6, 6.07) is 15.6. The van der Waals surface area contributed by atoms with Crippen molar-refractivity contribution in [2.75, 3.05) is 27.8 Å². The van der Waals surface area contributed by atoms with Crippen molar-refractivity contribution in [3.8, 4) is 11.5 Å². The van der Waals surface area contributed by atoms with Gasteiger partial charge in [-0.1, -0.05) is 24.3 Å². The summed E-state index contributed by atoms with van der Waals surface area (Å²) >= 11 is 1.54. The van der Waals surface area contributed by atoms with Gasteiger partial charge in [0.15, 0.2) is 11.5 Å². The Morgan fingerprint density at radius 1 is 1.11 bits per heavy atom. The molecule has 9 nitrogen and oxygen atoms in total. The second-order valence-electron chi connectivity index (χ2n) is 8.71. The minimum absolute atomic E-state index is 0.119. The van der Waals surface area contributed by atoms with Gasteiger partial charge in [-0.05, 0) is 41.3 Å². The summed E-state index contributed by atoms with van der Waals surface area (Å²) < 4.78 is 38.9. The molecule has 5 rings (SSSR count). The molecular formula is C27H26N4O5S2. The quantitative estimate of drug-likeness (QED) is 0.324. The lowest BCUT2D eigenvalue weighted by molar-refractivity contribution is -0.133. The molecule has 0 aliphatic carbocycles. The molecule has 2 aromatic heterocycles. The summed E-state index contributed by atoms with van der Waals surface area (Å²) in [6.07, 6.45) is 3.64. The molecule has 0 bridgehead atoms. The molecule has 0 fully saturated rings. The first-order chi connectivity index (χ1) is 18.3. The molecule has 3 heterocycles. The number of hydrazone groups is 1. The van der Waals surface area contributed by atoms with Gasteiger partial charge in [-0.15, -0.1) is 11.3 Å². The lowest BCUT2D eigenvalue weighted by atomic mass is 10.0. The first-order valence-corrected chi connectivity index (χ1v) is 14.1. The predicted octanol–water partition coefficient (Wildman–Crippen LogP) is 4.31. The van der Waals surface area contributed by atoms with Crippen LogP contribution in [0.15, 0.2) is 82.4 Å². The number of amides is 1. The number of thiophene rings is 1. The van der Waals surface area contributed by atoms with Crippen molar-refractivity contribution < 1.29 is 22.7 Å². The highest BCUT2D eigenvalue weighted by atomic mass is 32.2. The summed E-state index contributed by atoms with van der Waals surface area (Å²) in [5.41, 5.74) is 1.57. The number of sulfonamides is 1. The minimum Gasteiger partial charge on any atom is -0.493 e. The third-order valence-electron chi connectivity index (χ3n) is 6.45. The van der Waals surface area contributed by atoms with Crippen molar-refractivity contribution in [2.45, 2.75) is 17.4 Å². The molecule has 11 heteroatoms. The molecule has 1 aliphatic heterocycles. The molecule has 2 aromatic carbocycles. The monoisotopic (exact) mass is 550 g/mol. The number of likely N-dealkylation sites (N-methyl/N-ethyl adjacent to an activating group) is 1. The van der Waals surface area contributed by atoms with E-state index >= 15 is 0 Å². The molecule has 4 aromatic rings. The zero-order valence-electron chi connectivity index (χ0n) is 21.1. The van der Waals surface area contributed by atoms with E-state index < -0.39 is 22.0 Å². The summed E-state index contributed by atoms with van der Waals surface area (Å²) in [6.45, 7) is -0.380.